The second kappa shape index (κ2) is 5.63. The van der Waals surface area contributed by atoms with Crippen LogP contribution in [0.1, 0.15) is 12.6 Å². The van der Waals surface area contributed by atoms with Gasteiger partial charge in [-0.15, -0.1) is 0 Å². The average Bonchev–Trinajstić information content (AvgIpc) is 2.46. The van der Waals surface area contributed by atoms with Crippen molar-refractivity contribution in [3.63, 3.8) is 0 Å². The highest BCUT2D eigenvalue weighted by molar-refractivity contribution is 5.72. The first-order valence-electron chi connectivity index (χ1n) is 6.07. The summed E-state index contributed by atoms with van der Waals surface area (Å²) in [4.78, 5) is 23.1. The summed E-state index contributed by atoms with van der Waals surface area (Å²) in [5.74, 6) is -0.280. The Kier molecular flexibility index (Phi) is 3.92. The topological polar surface area (TPSA) is 93.4 Å². The fourth-order valence-corrected chi connectivity index (χ4v) is 2.03. The van der Waals surface area contributed by atoms with E-state index in [4.69, 9.17) is 10.4 Å². The number of piperazine rings is 1. The summed E-state index contributed by atoms with van der Waals surface area (Å²) >= 11 is 0. The van der Waals surface area contributed by atoms with Gasteiger partial charge in [0.2, 0.25) is 5.95 Å². The van der Waals surface area contributed by atoms with E-state index in [9.17, 15) is 4.79 Å². The van der Waals surface area contributed by atoms with Gasteiger partial charge in [-0.2, -0.15) is 5.26 Å². The lowest BCUT2D eigenvalue weighted by atomic mass is 10.2. The Hall–Kier alpha value is -2.20. The molecule has 1 unspecified atom stereocenters. The molecule has 7 heteroatoms. The summed E-state index contributed by atoms with van der Waals surface area (Å²) in [5.41, 5.74) is 0.339. The van der Waals surface area contributed by atoms with Crippen molar-refractivity contribution >= 4 is 11.9 Å². The molecule has 0 radical (unpaired) electrons. The van der Waals surface area contributed by atoms with E-state index in [0.29, 0.717) is 37.8 Å². The van der Waals surface area contributed by atoms with Gasteiger partial charge in [-0.3, -0.25) is 9.69 Å². The summed E-state index contributed by atoms with van der Waals surface area (Å²) in [6.45, 7) is 4.30. The Balaban J connectivity index is 2.00. The van der Waals surface area contributed by atoms with E-state index in [2.05, 4.69) is 9.97 Å². The summed E-state index contributed by atoms with van der Waals surface area (Å²) in [7, 11) is 0. The fourth-order valence-electron chi connectivity index (χ4n) is 2.03. The molecule has 0 amide bonds. The second-order valence-corrected chi connectivity index (χ2v) is 4.39. The van der Waals surface area contributed by atoms with Gasteiger partial charge in [0.05, 0.1) is 0 Å². The Morgan fingerprint density at radius 2 is 2.16 bits per heavy atom. The van der Waals surface area contributed by atoms with Crippen LogP contribution in [0.15, 0.2) is 12.3 Å². The Morgan fingerprint density at radius 3 is 2.74 bits per heavy atom. The van der Waals surface area contributed by atoms with Crippen LogP contribution in [0.4, 0.5) is 5.95 Å². The highest BCUT2D eigenvalue weighted by Gasteiger charge is 2.26. The van der Waals surface area contributed by atoms with Gasteiger partial charge in [-0.1, -0.05) is 0 Å². The van der Waals surface area contributed by atoms with E-state index >= 15 is 0 Å². The lowest BCUT2D eigenvalue weighted by Gasteiger charge is -2.36. The number of nitrogens with zero attached hydrogens (tertiary/aromatic N) is 5. The van der Waals surface area contributed by atoms with E-state index in [1.54, 1.807) is 19.2 Å². The number of carboxylic acids is 1. The maximum atomic E-state index is 10.9. The molecule has 1 aliphatic heterocycles. The summed E-state index contributed by atoms with van der Waals surface area (Å²) in [6.07, 6.45) is 1.56. The van der Waals surface area contributed by atoms with Crippen LogP contribution < -0.4 is 4.90 Å². The molecule has 7 nitrogen and oxygen atoms in total. The van der Waals surface area contributed by atoms with E-state index < -0.39 is 12.0 Å². The van der Waals surface area contributed by atoms with Crippen LogP contribution in [-0.4, -0.2) is 58.2 Å². The number of aliphatic carboxylic acids is 1. The van der Waals surface area contributed by atoms with Crippen LogP contribution in [0.25, 0.3) is 0 Å². The highest BCUT2D eigenvalue weighted by Crippen LogP contribution is 2.12. The third-order valence-corrected chi connectivity index (χ3v) is 3.26. The molecule has 0 bridgehead atoms. The highest BCUT2D eigenvalue weighted by atomic mass is 16.4. The quantitative estimate of drug-likeness (QED) is 0.814. The molecular formula is C12H15N5O2. The molecule has 1 N–H and O–H groups in total. The Bertz CT molecular complexity index is 505. The van der Waals surface area contributed by atoms with Crippen LogP contribution in [-0.2, 0) is 4.79 Å². The van der Waals surface area contributed by atoms with Gasteiger partial charge >= 0.3 is 5.97 Å². The molecule has 0 aliphatic carbocycles. The summed E-state index contributed by atoms with van der Waals surface area (Å²) < 4.78 is 0. The predicted molar refractivity (Wildman–Crippen MR) is 67.6 cm³/mol. The van der Waals surface area contributed by atoms with Crippen molar-refractivity contribution in [2.45, 2.75) is 13.0 Å². The number of carbonyl (C=O) groups is 1. The van der Waals surface area contributed by atoms with Crippen LogP contribution in [0.3, 0.4) is 0 Å². The first-order chi connectivity index (χ1) is 9.11. The second-order valence-electron chi connectivity index (χ2n) is 4.39. The molecule has 1 fully saturated rings. The normalized spacial score (nSPS) is 17.8. The van der Waals surface area contributed by atoms with Gasteiger partial charge in [-0.05, 0) is 13.0 Å². The zero-order chi connectivity index (χ0) is 13.8. The van der Waals surface area contributed by atoms with Crippen LogP contribution in [0.2, 0.25) is 0 Å². The number of anilines is 1. The third-order valence-electron chi connectivity index (χ3n) is 3.26. The monoisotopic (exact) mass is 261 g/mol. The largest absolute Gasteiger partial charge is 0.480 e. The minimum absolute atomic E-state index is 0.339. The third kappa shape index (κ3) is 2.98. The van der Waals surface area contributed by atoms with Crippen molar-refractivity contribution in [2.75, 3.05) is 31.1 Å². The maximum absolute atomic E-state index is 10.9. The maximum Gasteiger partial charge on any atom is 0.320 e. The number of aromatic nitrogens is 2. The number of hydrogen-bond donors (Lipinski definition) is 1. The first kappa shape index (κ1) is 13.2. The molecule has 19 heavy (non-hydrogen) atoms. The molecule has 1 saturated heterocycles. The molecule has 1 atom stereocenters. The number of nitriles is 1. The first-order valence-corrected chi connectivity index (χ1v) is 6.07. The predicted octanol–water partition coefficient (Wildman–Crippen LogP) is -0.0566. The van der Waals surface area contributed by atoms with Gasteiger partial charge in [-0.25, -0.2) is 9.97 Å². The van der Waals surface area contributed by atoms with Crippen molar-refractivity contribution in [1.29, 1.82) is 5.26 Å². The van der Waals surface area contributed by atoms with Crippen molar-refractivity contribution in [3.8, 4) is 6.07 Å². The van der Waals surface area contributed by atoms with Crippen LogP contribution in [0, 0.1) is 11.3 Å². The molecule has 2 rings (SSSR count). The lowest BCUT2D eigenvalue weighted by Crippen LogP contribution is -2.52. The Labute approximate surface area is 111 Å². The summed E-state index contributed by atoms with van der Waals surface area (Å²) in [5, 5.41) is 17.8. The van der Waals surface area contributed by atoms with Gasteiger partial charge < -0.3 is 10.0 Å². The Morgan fingerprint density at radius 1 is 1.47 bits per heavy atom. The van der Waals surface area contributed by atoms with Crippen LogP contribution in [0.5, 0.6) is 0 Å². The molecule has 2 heterocycles. The number of rotatable bonds is 3. The molecule has 0 saturated carbocycles. The van der Waals surface area contributed by atoms with E-state index in [1.165, 1.54) is 0 Å². The van der Waals surface area contributed by atoms with E-state index in [1.807, 2.05) is 15.9 Å². The van der Waals surface area contributed by atoms with Gasteiger partial charge in [0.15, 0.2) is 0 Å². The van der Waals surface area contributed by atoms with Crippen molar-refractivity contribution in [1.82, 2.24) is 14.9 Å². The minimum atomic E-state index is -0.809. The fraction of sp³-hybridized carbons (Fsp3) is 0.500. The van der Waals surface area contributed by atoms with Crippen LogP contribution >= 0.6 is 0 Å². The van der Waals surface area contributed by atoms with Gasteiger partial charge in [0, 0.05) is 32.4 Å². The van der Waals surface area contributed by atoms with Gasteiger partial charge in [0.1, 0.15) is 17.8 Å². The smallest absolute Gasteiger partial charge is 0.320 e. The molecule has 100 valence electrons. The zero-order valence-corrected chi connectivity index (χ0v) is 10.7. The molecular weight excluding hydrogens is 246 g/mol. The standard InChI is InChI=1S/C12H15N5O2/c1-9(11(18)19)16-4-6-17(7-5-16)12-14-3-2-10(8-13)15-12/h2-3,9H,4-7H2,1H3,(H,18,19). The van der Waals surface area contributed by atoms with Crippen molar-refractivity contribution in [3.05, 3.63) is 18.0 Å². The molecule has 0 aromatic carbocycles. The van der Waals surface area contributed by atoms with E-state index in [-0.39, 0.29) is 0 Å². The average molecular weight is 261 g/mol. The van der Waals surface area contributed by atoms with Gasteiger partial charge in [0.25, 0.3) is 0 Å². The van der Waals surface area contributed by atoms with E-state index in [0.717, 1.165) is 0 Å². The molecule has 1 aromatic heterocycles. The SMILES string of the molecule is CC(C(=O)O)N1CCN(c2nccc(C#N)n2)CC1. The van der Waals surface area contributed by atoms with Crippen molar-refractivity contribution in [2.24, 2.45) is 0 Å². The van der Waals surface area contributed by atoms with Crippen molar-refractivity contribution < 1.29 is 9.90 Å². The number of carboxylic acid groups (broad SMARTS) is 1. The molecule has 1 aliphatic rings. The number of hydrogen-bond acceptors (Lipinski definition) is 6. The summed E-state index contributed by atoms with van der Waals surface area (Å²) in [6, 6.07) is 3.07. The molecule has 1 aromatic rings. The zero-order valence-electron chi connectivity index (χ0n) is 10.7. The molecule has 0 spiro atoms. The minimum Gasteiger partial charge on any atom is -0.480 e. The lowest BCUT2D eigenvalue weighted by molar-refractivity contribution is -0.142.